The van der Waals surface area contributed by atoms with Gasteiger partial charge in [0, 0.05) is 16.8 Å². The quantitative estimate of drug-likeness (QED) is 0.156. The van der Waals surface area contributed by atoms with E-state index in [1.807, 2.05) is 6.07 Å². The Labute approximate surface area is 245 Å². The van der Waals surface area contributed by atoms with Crippen molar-refractivity contribution in [2.75, 3.05) is 4.90 Å². The fourth-order valence-electron chi connectivity index (χ4n) is 6.56. The van der Waals surface area contributed by atoms with E-state index < -0.39 is 0 Å². The van der Waals surface area contributed by atoms with Crippen LogP contribution in [0.3, 0.4) is 0 Å². The van der Waals surface area contributed by atoms with Gasteiger partial charge in [-0.25, -0.2) is 0 Å². The summed E-state index contributed by atoms with van der Waals surface area (Å²) in [4.78, 5) is 2.39. The topological polar surface area (TPSA) is 3.24 Å². The molecule has 0 saturated heterocycles. The van der Waals surface area contributed by atoms with Crippen molar-refractivity contribution < 1.29 is 0 Å². The minimum absolute atomic E-state index is 1.03. The van der Waals surface area contributed by atoms with E-state index in [-0.39, 0.29) is 0 Å². The fraction of sp³-hybridized carbons (Fsp3) is 0.0244. The number of fused-ring (bicyclic) bond motifs is 2. The SMILES string of the molecule is C=C(c1ccccc1)c1ccc(N(c2ccc(C)cc2)c2ccc3c4cccc5cccc(c6cccc2c63)c54)cc1. The van der Waals surface area contributed by atoms with E-state index in [0.717, 1.165) is 28.1 Å². The third-order valence-corrected chi connectivity index (χ3v) is 8.63. The summed E-state index contributed by atoms with van der Waals surface area (Å²) in [5, 5.41) is 10.4. The average Bonchev–Trinajstić information content (AvgIpc) is 3.05. The Bertz CT molecular complexity index is 2190. The Morgan fingerprint density at radius 1 is 0.452 bits per heavy atom. The first-order valence-corrected chi connectivity index (χ1v) is 14.5. The molecule has 1 nitrogen and oxygen atoms in total. The van der Waals surface area contributed by atoms with Crippen LogP contribution in [0.25, 0.3) is 48.7 Å². The van der Waals surface area contributed by atoms with Gasteiger partial charge in [0.05, 0.1) is 5.69 Å². The maximum absolute atomic E-state index is 4.39. The molecule has 0 unspecified atom stereocenters. The number of nitrogens with zero attached hydrogens (tertiary/aromatic N) is 1. The second kappa shape index (κ2) is 9.61. The van der Waals surface area contributed by atoms with Crippen molar-refractivity contribution >= 4 is 65.7 Å². The lowest BCUT2D eigenvalue weighted by Crippen LogP contribution is -2.10. The Morgan fingerprint density at radius 3 is 1.64 bits per heavy atom. The van der Waals surface area contributed by atoms with Crippen molar-refractivity contribution in [3.05, 3.63) is 169 Å². The molecule has 0 atom stereocenters. The molecule has 8 aromatic carbocycles. The van der Waals surface area contributed by atoms with Gasteiger partial charge in [-0.3, -0.25) is 0 Å². The van der Waals surface area contributed by atoms with Gasteiger partial charge in [-0.2, -0.15) is 0 Å². The highest BCUT2D eigenvalue weighted by molar-refractivity contribution is 6.34. The summed E-state index contributed by atoms with van der Waals surface area (Å²) in [7, 11) is 0. The minimum Gasteiger partial charge on any atom is -0.310 e. The van der Waals surface area contributed by atoms with Gasteiger partial charge >= 0.3 is 0 Å². The zero-order valence-electron chi connectivity index (χ0n) is 23.5. The van der Waals surface area contributed by atoms with E-state index in [4.69, 9.17) is 0 Å². The van der Waals surface area contributed by atoms with Crippen molar-refractivity contribution in [1.82, 2.24) is 0 Å². The van der Waals surface area contributed by atoms with E-state index in [1.54, 1.807) is 0 Å². The number of hydrogen-bond donors (Lipinski definition) is 0. The number of aryl methyl sites for hydroxylation is 1. The summed E-state index contributed by atoms with van der Waals surface area (Å²) < 4.78 is 0. The molecule has 1 heteroatoms. The molecule has 0 heterocycles. The van der Waals surface area contributed by atoms with Crippen LogP contribution >= 0.6 is 0 Å². The summed E-state index contributed by atoms with van der Waals surface area (Å²) in [6.45, 7) is 6.53. The van der Waals surface area contributed by atoms with Crippen molar-refractivity contribution in [3.8, 4) is 0 Å². The highest BCUT2D eigenvalue weighted by atomic mass is 15.1. The monoisotopic (exact) mass is 535 g/mol. The summed E-state index contributed by atoms with van der Waals surface area (Å²) in [6, 6.07) is 52.7. The van der Waals surface area contributed by atoms with Gasteiger partial charge < -0.3 is 4.90 Å². The minimum atomic E-state index is 1.03. The van der Waals surface area contributed by atoms with Gasteiger partial charge in [-0.1, -0.05) is 127 Å². The molecule has 0 radical (unpaired) electrons. The van der Waals surface area contributed by atoms with Gasteiger partial charge in [0.15, 0.2) is 0 Å². The molecule has 0 amide bonds. The number of anilines is 3. The first-order valence-electron chi connectivity index (χ1n) is 14.5. The molecule has 8 aromatic rings. The second-order valence-corrected chi connectivity index (χ2v) is 11.1. The molecular formula is C41H29N. The molecule has 0 N–H and O–H groups in total. The summed E-state index contributed by atoms with van der Waals surface area (Å²) in [6.07, 6.45) is 0. The molecule has 0 aromatic heterocycles. The van der Waals surface area contributed by atoms with Gasteiger partial charge in [0.1, 0.15) is 0 Å². The molecular weight excluding hydrogens is 506 g/mol. The normalized spacial score (nSPS) is 11.5. The molecule has 0 spiro atoms. The van der Waals surface area contributed by atoms with Crippen molar-refractivity contribution in [3.63, 3.8) is 0 Å². The molecule has 0 bridgehead atoms. The molecule has 0 aliphatic carbocycles. The number of benzene rings is 8. The molecule has 198 valence electrons. The Balaban J connectivity index is 1.36. The van der Waals surface area contributed by atoms with Gasteiger partial charge in [-0.15, -0.1) is 0 Å². The van der Waals surface area contributed by atoms with Crippen molar-refractivity contribution in [2.24, 2.45) is 0 Å². The highest BCUT2D eigenvalue weighted by Crippen LogP contribution is 2.46. The summed E-state index contributed by atoms with van der Waals surface area (Å²) in [5.74, 6) is 0. The van der Waals surface area contributed by atoms with E-state index in [2.05, 4.69) is 158 Å². The van der Waals surface area contributed by atoms with Crippen LogP contribution in [-0.2, 0) is 0 Å². The fourth-order valence-corrected chi connectivity index (χ4v) is 6.56. The van der Waals surface area contributed by atoms with E-state index >= 15 is 0 Å². The number of rotatable bonds is 5. The lowest BCUT2D eigenvalue weighted by molar-refractivity contribution is 1.29. The Kier molecular flexibility index (Phi) is 5.58. The van der Waals surface area contributed by atoms with Crippen LogP contribution in [0.2, 0.25) is 0 Å². The second-order valence-electron chi connectivity index (χ2n) is 11.1. The Hall–Kier alpha value is -5.40. The molecule has 0 aliphatic rings. The van der Waals surface area contributed by atoms with Gasteiger partial charge in [0.25, 0.3) is 0 Å². The van der Waals surface area contributed by atoms with E-state index in [1.165, 1.54) is 54.3 Å². The standard InChI is InChI=1S/C41H29N/c1-27-17-21-32(22-18-27)42(33-23-19-30(20-24-33)28(2)29-9-4-3-5-10-29)39-26-25-37-35-14-7-12-31-11-6-13-34(40(31)35)36-15-8-16-38(39)41(36)37/h3-26H,2H2,1H3. The molecule has 0 saturated carbocycles. The third-order valence-electron chi connectivity index (χ3n) is 8.63. The van der Waals surface area contributed by atoms with Gasteiger partial charge in [0.2, 0.25) is 0 Å². The first kappa shape index (κ1) is 24.4. The van der Waals surface area contributed by atoms with E-state index in [9.17, 15) is 0 Å². The van der Waals surface area contributed by atoms with Crippen molar-refractivity contribution in [2.45, 2.75) is 6.92 Å². The lowest BCUT2D eigenvalue weighted by Gasteiger charge is -2.28. The maximum atomic E-state index is 4.39. The predicted octanol–water partition coefficient (Wildman–Crippen LogP) is 11.6. The Morgan fingerprint density at radius 2 is 0.976 bits per heavy atom. The van der Waals surface area contributed by atoms with Crippen LogP contribution in [0.1, 0.15) is 16.7 Å². The third kappa shape index (κ3) is 3.78. The highest BCUT2D eigenvalue weighted by Gasteiger charge is 2.19. The van der Waals surface area contributed by atoms with Crippen LogP contribution < -0.4 is 4.90 Å². The molecule has 0 aliphatic heterocycles. The van der Waals surface area contributed by atoms with Crippen LogP contribution in [0, 0.1) is 6.92 Å². The zero-order valence-corrected chi connectivity index (χ0v) is 23.5. The van der Waals surface area contributed by atoms with Crippen molar-refractivity contribution in [1.29, 1.82) is 0 Å². The largest absolute Gasteiger partial charge is 0.310 e. The maximum Gasteiger partial charge on any atom is 0.0540 e. The molecule has 42 heavy (non-hydrogen) atoms. The zero-order chi connectivity index (χ0) is 28.2. The van der Waals surface area contributed by atoms with Crippen LogP contribution in [0.4, 0.5) is 17.1 Å². The first-order chi connectivity index (χ1) is 20.7. The lowest BCUT2D eigenvalue weighted by atomic mass is 9.89. The summed E-state index contributed by atoms with van der Waals surface area (Å²) in [5.41, 5.74) is 7.94. The smallest absolute Gasteiger partial charge is 0.0540 e. The number of hydrogen-bond acceptors (Lipinski definition) is 1. The molecule has 0 fully saturated rings. The summed E-state index contributed by atoms with van der Waals surface area (Å²) >= 11 is 0. The molecule has 8 rings (SSSR count). The van der Waals surface area contributed by atoms with E-state index in [0.29, 0.717) is 0 Å². The van der Waals surface area contributed by atoms with Crippen LogP contribution in [0.15, 0.2) is 152 Å². The van der Waals surface area contributed by atoms with Crippen LogP contribution in [0.5, 0.6) is 0 Å². The van der Waals surface area contributed by atoms with Crippen LogP contribution in [-0.4, -0.2) is 0 Å². The average molecular weight is 536 g/mol. The predicted molar refractivity (Wildman–Crippen MR) is 182 cm³/mol. The van der Waals surface area contributed by atoms with Gasteiger partial charge in [-0.05, 0) is 91.7 Å².